The molecule has 1 aromatic heterocycles. The SMILES string of the molecule is CN(C)CCCc1ccc2c(=O)cc(CCc3cccc(F)c3F)n(CC(=O)N(C)Cc3ccc(-c4ccc(C(F)(F)F)cc4)cc3)c2c1. The Labute approximate surface area is 282 Å². The third-order valence-corrected chi connectivity index (χ3v) is 8.65. The number of carbonyl (C=O) groups is 1. The largest absolute Gasteiger partial charge is 0.416 e. The molecule has 49 heavy (non-hydrogen) atoms. The lowest BCUT2D eigenvalue weighted by molar-refractivity contribution is -0.137. The summed E-state index contributed by atoms with van der Waals surface area (Å²) in [5.74, 6) is -2.10. The average molecular weight is 676 g/mol. The van der Waals surface area contributed by atoms with Crippen LogP contribution in [0.15, 0.2) is 95.8 Å². The predicted molar refractivity (Wildman–Crippen MR) is 182 cm³/mol. The highest BCUT2D eigenvalue weighted by Gasteiger charge is 2.30. The summed E-state index contributed by atoms with van der Waals surface area (Å²) < 4.78 is 69.1. The van der Waals surface area contributed by atoms with Gasteiger partial charge in [-0.2, -0.15) is 13.2 Å². The van der Waals surface area contributed by atoms with Gasteiger partial charge in [-0.05, 0) is 104 Å². The van der Waals surface area contributed by atoms with Crippen LogP contribution < -0.4 is 5.43 Å². The van der Waals surface area contributed by atoms with Crippen LogP contribution in [0.4, 0.5) is 22.0 Å². The zero-order valence-corrected chi connectivity index (χ0v) is 27.7. The molecule has 10 heteroatoms. The van der Waals surface area contributed by atoms with Gasteiger partial charge < -0.3 is 14.4 Å². The standard InChI is InChI=1S/C39H38F5N3O2/c1-45(2)21-5-6-26-11-20-33-35(22-26)47(32(23-36(33)48)19-16-30-7-4-8-34(40)38(30)41)25-37(49)46(3)24-27-9-12-28(13-10-27)29-14-17-31(18-15-29)39(42,43)44/h4,7-15,17-18,20,22-23H,5-6,16,19,21,24-25H2,1-3H3. The summed E-state index contributed by atoms with van der Waals surface area (Å²) in [7, 11) is 5.68. The summed E-state index contributed by atoms with van der Waals surface area (Å²) >= 11 is 0. The number of hydrogen-bond acceptors (Lipinski definition) is 3. The first-order chi connectivity index (χ1) is 23.3. The number of carbonyl (C=O) groups excluding carboxylic acids is 1. The fourth-order valence-electron chi connectivity index (χ4n) is 5.90. The smallest absolute Gasteiger partial charge is 0.340 e. The first kappa shape index (κ1) is 35.5. The van der Waals surface area contributed by atoms with Crippen molar-refractivity contribution in [2.45, 2.75) is 44.9 Å². The highest BCUT2D eigenvalue weighted by atomic mass is 19.4. The molecular formula is C39H38F5N3O2. The minimum absolute atomic E-state index is 0.0843. The first-order valence-electron chi connectivity index (χ1n) is 16.0. The van der Waals surface area contributed by atoms with Gasteiger partial charge in [0.1, 0.15) is 6.54 Å². The molecular weight excluding hydrogens is 637 g/mol. The van der Waals surface area contributed by atoms with Gasteiger partial charge in [-0.1, -0.05) is 54.6 Å². The molecule has 0 unspecified atom stereocenters. The maximum absolute atomic E-state index is 14.5. The van der Waals surface area contributed by atoms with Gasteiger partial charge in [-0.15, -0.1) is 0 Å². The predicted octanol–water partition coefficient (Wildman–Crippen LogP) is 7.90. The molecule has 1 amide bonds. The lowest BCUT2D eigenvalue weighted by Gasteiger charge is -2.22. The number of pyridine rings is 1. The van der Waals surface area contributed by atoms with Crippen LogP contribution in [-0.4, -0.2) is 48.0 Å². The molecule has 256 valence electrons. The number of fused-ring (bicyclic) bond motifs is 1. The Morgan fingerprint density at radius 2 is 1.43 bits per heavy atom. The quantitative estimate of drug-likeness (QED) is 0.126. The number of aryl methyl sites for hydroxylation is 3. The highest BCUT2D eigenvalue weighted by Crippen LogP contribution is 2.31. The normalized spacial score (nSPS) is 11.8. The van der Waals surface area contributed by atoms with Crippen molar-refractivity contribution >= 4 is 16.8 Å². The van der Waals surface area contributed by atoms with Gasteiger partial charge in [0, 0.05) is 30.7 Å². The van der Waals surface area contributed by atoms with E-state index in [0.29, 0.717) is 22.2 Å². The van der Waals surface area contributed by atoms with Crippen LogP contribution in [0.3, 0.4) is 0 Å². The zero-order chi connectivity index (χ0) is 35.3. The molecule has 0 spiro atoms. The lowest BCUT2D eigenvalue weighted by atomic mass is 10.0. The van der Waals surface area contributed by atoms with E-state index >= 15 is 0 Å². The molecule has 1 heterocycles. The van der Waals surface area contributed by atoms with Crippen molar-refractivity contribution < 1.29 is 26.7 Å². The number of nitrogens with zero attached hydrogens (tertiary/aromatic N) is 3. The Morgan fingerprint density at radius 1 is 0.776 bits per heavy atom. The van der Waals surface area contributed by atoms with Gasteiger partial charge in [0.15, 0.2) is 17.1 Å². The van der Waals surface area contributed by atoms with Crippen molar-refractivity contribution in [1.29, 1.82) is 0 Å². The van der Waals surface area contributed by atoms with Crippen LogP contribution >= 0.6 is 0 Å². The second-order valence-electron chi connectivity index (χ2n) is 12.6. The summed E-state index contributed by atoms with van der Waals surface area (Å²) in [6.45, 7) is 1.07. The van der Waals surface area contributed by atoms with E-state index in [4.69, 9.17) is 0 Å². The fraction of sp³-hybridized carbons (Fsp3) is 0.282. The van der Waals surface area contributed by atoms with E-state index in [0.717, 1.165) is 54.3 Å². The van der Waals surface area contributed by atoms with Gasteiger partial charge in [0.05, 0.1) is 11.1 Å². The molecule has 0 bridgehead atoms. The van der Waals surface area contributed by atoms with E-state index < -0.39 is 23.4 Å². The summed E-state index contributed by atoms with van der Waals surface area (Å²) in [5, 5.41) is 0.464. The molecule has 0 saturated heterocycles. The molecule has 0 aliphatic rings. The Hall–Kier alpha value is -4.83. The molecule has 0 fully saturated rings. The van der Waals surface area contributed by atoms with Crippen LogP contribution in [0.2, 0.25) is 0 Å². The topological polar surface area (TPSA) is 45.6 Å². The molecule has 5 nitrogen and oxygen atoms in total. The van der Waals surface area contributed by atoms with Crippen LogP contribution in [0.25, 0.3) is 22.0 Å². The van der Waals surface area contributed by atoms with E-state index in [-0.39, 0.29) is 42.8 Å². The van der Waals surface area contributed by atoms with Gasteiger partial charge in [-0.3, -0.25) is 9.59 Å². The van der Waals surface area contributed by atoms with Gasteiger partial charge >= 0.3 is 6.18 Å². The third kappa shape index (κ3) is 8.80. The third-order valence-electron chi connectivity index (χ3n) is 8.65. The second-order valence-corrected chi connectivity index (χ2v) is 12.6. The van der Waals surface area contributed by atoms with Crippen molar-refractivity contribution in [3.8, 4) is 11.1 Å². The monoisotopic (exact) mass is 675 g/mol. The number of likely N-dealkylation sites (N-methyl/N-ethyl adjacent to an activating group) is 1. The minimum atomic E-state index is -4.41. The van der Waals surface area contributed by atoms with E-state index in [1.807, 2.05) is 38.4 Å². The molecule has 0 radical (unpaired) electrons. The summed E-state index contributed by atoms with van der Waals surface area (Å²) in [4.78, 5) is 30.6. The van der Waals surface area contributed by atoms with E-state index in [1.54, 1.807) is 34.7 Å². The van der Waals surface area contributed by atoms with E-state index in [9.17, 15) is 31.5 Å². The van der Waals surface area contributed by atoms with Crippen LogP contribution in [0.1, 0.15) is 34.4 Å². The summed E-state index contributed by atoms with van der Waals surface area (Å²) in [6, 6.07) is 23.3. The van der Waals surface area contributed by atoms with Crippen LogP contribution in [0.5, 0.6) is 0 Å². The van der Waals surface area contributed by atoms with Crippen LogP contribution in [0, 0.1) is 11.6 Å². The average Bonchev–Trinajstić information content (AvgIpc) is 3.06. The first-order valence-corrected chi connectivity index (χ1v) is 16.0. The number of halogens is 5. The second kappa shape index (κ2) is 15.2. The lowest BCUT2D eigenvalue weighted by Crippen LogP contribution is -2.31. The summed E-state index contributed by atoms with van der Waals surface area (Å²) in [5.41, 5.74) is 3.61. The molecule has 0 aliphatic carbocycles. The van der Waals surface area contributed by atoms with Crippen molar-refractivity contribution in [2.24, 2.45) is 0 Å². The Kier molecular flexibility index (Phi) is 11.0. The van der Waals surface area contributed by atoms with Crippen molar-refractivity contribution in [1.82, 2.24) is 14.4 Å². The Bertz CT molecular complexity index is 1980. The Balaban J connectivity index is 1.39. The highest BCUT2D eigenvalue weighted by molar-refractivity contribution is 5.83. The molecule has 4 aromatic carbocycles. The minimum Gasteiger partial charge on any atom is -0.340 e. The van der Waals surface area contributed by atoms with Crippen molar-refractivity contribution in [2.75, 3.05) is 27.7 Å². The molecule has 0 atom stereocenters. The Morgan fingerprint density at radius 3 is 2.08 bits per heavy atom. The molecule has 5 aromatic rings. The van der Waals surface area contributed by atoms with Crippen molar-refractivity contribution in [3.63, 3.8) is 0 Å². The number of aromatic nitrogens is 1. The fourth-order valence-corrected chi connectivity index (χ4v) is 5.90. The van der Waals surface area contributed by atoms with Crippen molar-refractivity contribution in [3.05, 3.63) is 141 Å². The molecule has 0 saturated carbocycles. The number of benzene rings is 4. The summed E-state index contributed by atoms with van der Waals surface area (Å²) in [6.07, 6.45) is -2.39. The molecule has 0 N–H and O–H groups in total. The molecule has 5 rings (SSSR count). The van der Waals surface area contributed by atoms with Gasteiger partial charge in [0.2, 0.25) is 5.91 Å². The van der Waals surface area contributed by atoms with Crippen LogP contribution in [-0.2, 0) is 43.3 Å². The maximum Gasteiger partial charge on any atom is 0.416 e. The number of rotatable bonds is 12. The number of hydrogen-bond donors (Lipinski definition) is 0. The number of alkyl halides is 3. The van der Waals surface area contributed by atoms with E-state index in [1.165, 1.54) is 30.3 Å². The zero-order valence-electron chi connectivity index (χ0n) is 27.7. The van der Waals surface area contributed by atoms with E-state index in [2.05, 4.69) is 4.90 Å². The maximum atomic E-state index is 14.5. The van der Waals surface area contributed by atoms with Gasteiger partial charge in [-0.25, -0.2) is 8.78 Å². The number of amides is 1. The van der Waals surface area contributed by atoms with Gasteiger partial charge in [0.25, 0.3) is 0 Å². The molecule has 0 aliphatic heterocycles.